The minimum atomic E-state index is 0.0611. The normalized spacial score (nSPS) is 23.2. The molecule has 1 saturated carbocycles. The number of amides is 2. The van der Waals surface area contributed by atoms with Crippen LogP contribution >= 0.6 is 11.3 Å². The van der Waals surface area contributed by atoms with E-state index >= 15 is 0 Å². The summed E-state index contributed by atoms with van der Waals surface area (Å²) in [5.74, 6) is 0.649. The van der Waals surface area contributed by atoms with Crippen LogP contribution in [0.4, 0.5) is 5.13 Å². The van der Waals surface area contributed by atoms with Crippen molar-refractivity contribution in [2.24, 2.45) is 11.8 Å². The van der Waals surface area contributed by atoms with Crippen molar-refractivity contribution in [3.8, 4) is 0 Å². The molecule has 2 amide bonds. The zero-order valence-electron chi connectivity index (χ0n) is 17.1. The molecule has 0 radical (unpaired) electrons. The lowest BCUT2D eigenvalue weighted by Gasteiger charge is -2.35. The number of fused-ring (bicyclic) bond motifs is 1. The van der Waals surface area contributed by atoms with Gasteiger partial charge in [-0.2, -0.15) is 0 Å². The number of nitrogens with zero attached hydrogens (tertiary/aromatic N) is 3. The van der Waals surface area contributed by atoms with Gasteiger partial charge in [0.2, 0.25) is 11.8 Å². The first-order valence-electron chi connectivity index (χ1n) is 10.8. The Morgan fingerprint density at radius 3 is 2.50 bits per heavy atom. The average molecular weight is 405 g/mol. The third-order valence-electron chi connectivity index (χ3n) is 6.36. The van der Waals surface area contributed by atoms with E-state index in [4.69, 9.17) is 4.98 Å². The lowest BCUT2D eigenvalue weighted by atomic mass is 9.90. The molecule has 0 spiro atoms. The third kappa shape index (κ3) is 4.19. The molecule has 7 heteroatoms. The van der Waals surface area contributed by atoms with Gasteiger partial charge in [0, 0.05) is 48.9 Å². The van der Waals surface area contributed by atoms with Crippen LogP contribution in [0.25, 0.3) is 0 Å². The molecule has 2 fully saturated rings. The van der Waals surface area contributed by atoms with Gasteiger partial charge in [-0.1, -0.05) is 26.7 Å². The quantitative estimate of drug-likeness (QED) is 0.838. The number of anilines is 1. The molecule has 1 atom stereocenters. The van der Waals surface area contributed by atoms with Gasteiger partial charge in [-0.05, 0) is 32.1 Å². The Balaban J connectivity index is 1.34. The van der Waals surface area contributed by atoms with E-state index in [9.17, 15) is 9.59 Å². The van der Waals surface area contributed by atoms with Crippen molar-refractivity contribution in [3.63, 3.8) is 0 Å². The Morgan fingerprint density at radius 2 is 1.82 bits per heavy atom. The maximum Gasteiger partial charge on any atom is 0.225 e. The second kappa shape index (κ2) is 8.39. The van der Waals surface area contributed by atoms with Crippen molar-refractivity contribution in [1.29, 1.82) is 0 Å². The summed E-state index contributed by atoms with van der Waals surface area (Å²) < 4.78 is 0. The van der Waals surface area contributed by atoms with Gasteiger partial charge < -0.3 is 15.1 Å². The highest BCUT2D eigenvalue weighted by Crippen LogP contribution is 2.35. The summed E-state index contributed by atoms with van der Waals surface area (Å²) in [6.07, 6.45) is 7.41. The molecule has 2 aliphatic carbocycles. The van der Waals surface area contributed by atoms with E-state index in [1.54, 1.807) is 11.3 Å². The zero-order valence-corrected chi connectivity index (χ0v) is 17.9. The Morgan fingerprint density at radius 1 is 1.11 bits per heavy atom. The first-order chi connectivity index (χ1) is 13.5. The molecule has 28 heavy (non-hydrogen) atoms. The van der Waals surface area contributed by atoms with Gasteiger partial charge in [-0.25, -0.2) is 4.98 Å². The van der Waals surface area contributed by atoms with E-state index < -0.39 is 0 Å². The average Bonchev–Trinajstić information content (AvgIpc) is 3.36. The molecule has 154 valence electrons. The zero-order chi connectivity index (χ0) is 19.7. The maximum absolute atomic E-state index is 12.7. The van der Waals surface area contributed by atoms with Crippen molar-refractivity contribution in [1.82, 2.24) is 15.2 Å². The molecule has 3 aliphatic rings. The van der Waals surface area contributed by atoms with Gasteiger partial charge in [0.25, 0.3) is 0 Å². The number of hydrogen-bond acceptors (Lipinski definition) is 5. The van der Waals surface area contributed by atoms with Crippen molar-refractivity contribution in [2.45, 2.75) is 64.8 Å². The summed E-state index contributed by atoms with van der Waals surface area (Å²) in [4.78, 5) is 35.3. The minimum absolute atomic E-state index is 0.0611. The number of thiazole rings is 1. The first-order valence-corrected chi connectivity index (χ1v) is 11.7. The van der Waals surface area contributed by atoms with Gasteiger partial charge in [-0.3, -0.25) is 9.59 Å². The molecule has 0 unspecified atom stereocenters. The Kier molecular flexibility index (Phi) is 5.90. The van der Waals surface area contributed by atoms with E-state index in [-0.39, 0.29) is 23.7 Å². The van der Waals surface area contributed by atoms with Crippen LogP contribution in [0.1, 0.15) is 56.5 Å². The van der Waals surface area contributed by atoms with Gasteiger partial charge in [0.1, 0.15) is 0 Å². The maximum atomic E-state index is 12.7. The van der Waals surface area contributed by atoms with Crippen molar-refractivity contribution in [3.05, 3.63) is 10.6 Å². The Hall–Kier alpha value is -1.63. The van der Waals surface area contributed by atoms with Crippen LogP contribution < -0.4 is 10.2 Å². The summed E-state index contributed by atoms with van der Waals surface area (Å²) >= 11 is 1.75. The van der Waals surface area contributed by atoms with Crippen molar-refractivity contribution in [2.75, 3.05) is 31.1 Å². The monoisotopic (exact) mass is 404 g/mol. The van der Waals surface area contributed by atoms with E-state index in [1.807, 2.05) is 18.7 Å². The molecule has 4 rings (SSSR count). The van der Waals surface area contributed by atoms with Crippen molar-refractivity contribution < 1.29 is 9.59 Å². The Bertz CT molecular complexity index is 718. The molecule has 0 aromatic carbocycles. The van der Waals surface area contributed by atoms with Gasteiger partial charge >= 0.3 is 0 Å². The number of aromatic nitrogens is 1. The second-order valence-electron chi connectivity index (χ2n) is 8.76. The second-order valence-corrected chi connectivity index (χ2v) is 9.83. The molecule has 2 heterocycles. The fourth-order valence-electron chi connectivity index (χ4n) is 4.59. The fraction of sp³-hybridized carbons (Fsp3) is 0.762. The van der Waals surface area contributed by atoms with Gasteiger partial charge in [0.15, 0.2) is 5.13 Å². The molecule has 1 aromatic rings. The van der Waals surface area contributed by atoms with Crippen LogP contribution in [0.5, 0.6) is 0 Å². The summed E-state index contributed by atoms with van der Waals surface area (Å²) in [6.45, 7) is 7.15. The van der Waals surface area contributed by atoms with Crippen LogP contribution in [0.3, 0.4) is 0 Å². The lowest BCUT2D eigenvalue weighted by Crippen LogP contribution is -2.49. The highest BCUT2D eigenvalue weighted by Gasteiger charge is 2.31. The van der Waals surface area contributed by atoms with E-state index in [1.165, 1.54) is 23.4 Å². The summed E-state index contributed by atoms with van der Waals surface area (Å²) in [5.41, 5.74) is 1.19. The smallest absolute Gasteiger partial charge is 0.225 e. The highest BCUT2D eigenvalue weighted by atomic mass is 32.1. The summed E-state index contributed by atoms with van der Waals surface area (Å²) in [5, 5.41) is 4.34. The largest absolute Gasteiger partial charge is 0.353 e. The first kappa shape index (κ1) is 19.7. The predicted octanol–water partition coefficient (Wildman–Crippen LogP) is 2.61. The standard InChI is InChI=1S/C21H32N4O2S/c1-14(2)20(27)24-9-11-25(12-10-24)21-23-17-8-7-15(13-18(17)28-21)19(26)22-16-5-3-4-6-16/h14-16H,3-13H2,1-2H3,(H,22,26)/t15-/m1/s1. The number of hydrogen-bond donors (Lipinski definition) is 1. The molecular formula is C21H32N4O2S. The fourth-order valence-corrected chi connectivity index (χ4v) is 5.83. The van der Waals surface area contributed by atoms with Crippen LogP contribution in [-0.4, -0.2) is 53.9 Å². The van der Waals surface area contributed by atoms with Crippen LogP contribution in [0, 0.1) is 11.8 Å². The predicted molar refractivity (Wildman–Crippen MR) is 112 cm³/mol. The SMILES string of the molecule is CC(C)C(=O)N1CCN(c2nc3c(s2)C[C@H](C(=O)NC2CCCC2)CC3)CC1. The number of carbonyl (C=O) groups excluding carboxylic acids is 2. The summed E-state index contributed by atoms with van der Waals surface area (Å²) in [6, 6.07) is 0.399. The van der Waals surface area contributed by atoms with Crippen LogP contribution in [0.2, 0.25) is 0 Å². The molecular weight excluding hydrogens is 372 g/mol. The van der Waals surface area contributed by atoms with E-state index in [2.05, 4.69) is 10.2 Å². The number of carbonyl (C=O) groups is 2. The third-order valence-corrected chi connectivity index (χ3v) is 7.54. The number of piperazine rings is 1. The number of aryl methyl sites for hydroxylation is 1. The molecule has 6 nitrogen and oxygen atoms in total. The van der Waals surface area contributed by atoms with Crippen LogP contribution in [0.15, 0.2) is 0 Å². The lowest BCUT2D eigenvalue weighted by molar-refractivity contribution is -0.134. The summed E-state index contributed by atoms with van der Waals surface area (Å²) in [7, 11) is 0. The number of rotatable bonds is 4. The molecule has 1 saturated heterocycles. The molecule has 1 aliphatic heterocycles. The van der Waals surface area contributed by atoms with Crippen LogP contribution in [-0.2, 0) is 22.4 Å². The van der Waals surface area contributed by atoms with Crippen molar-refractivity contribution >= 4 is 28.3 Å². The van der Waals surface area contributed by atoms with E-state index in [0.29, 0.717) is 6.04 Å². The molecule has 1 aromatic heterocycles. The van der Waals surface area contributed by atoms with Gasteiger partial charge in [-0.15, -0.1) is 11.3 Å². The minimum Gasteiger partial charge on any atom is -0.353 e. The molecule has 1 N–H and O–H groups in total. The molecule has 0 bridgehead atoms. The van der Waals surface area contributed by atoms with Gasteiger partial charge in [0.05, 0.1) is 5.69 Å². The van der Waals surface area contributed by atoms with E-state index in [0.717, 1.165) is 63.4 Å². The highest BCUT2D eigenvalue weighted by molar-refractivity contribution is 7.15. The topological polar surface area (TPSA) is 65.5 Å². The number of nitrogens with one attached hydrogen (secondary N) is 1. The Labute approximate surface area is 171 Å².